The van der Waals surface area contributed by atoms with E-state index in [4.69, 9.17) is 5.73 Å². The van der Waals surface area contributed by atoms with Crippen molar-refractivity contribution in [3.63, 3.8) is 0 Å². The fraction of sp³-hybridized carbons (Fsp3) is 0.100. The summed E-state index contributed by atoms with van der Waals surface area (Å²) in [4.78, 5) is 11.2. The molecule has 0 atom stereocenters. The van der Waals surface area contributed by atoms with Gasteiger partial charge in [-0.25, -0.2) is 9.18 Å². The molecule has 0 aliphatic carbocycles. The Morgan fingerprint density at radius 2 is 2.31 bits per heavy atom. The molecule has 0 bridgehead atoms. The molecule has 0 unspecified atom stereocenters. The van der Waals surface area contributed by atoms with Crippen LogP contribution in [0.5, 0.6) is 0 Å². The molecule has 1 aromatic rings. The topological polar surface area (TPSA) is 52.3 Å². The van der Waals surface area contributed by atoms with Gasteiger partial charge in [-0.05, 0) is 26.3 Å². The fourth-order valence-corrected chi connectivity index (χ4v) is 1.53. The first-order valence-electron chi connectivity index (χ1n) is 4.06. The predicted molar refractivity (Wildman–Crippen MR) is 70.6 cm³/mol. The van der Waals surface area contributed by atoms with Gasteiger partial charge in [-0.3, -0.25) is 0 Å². The van der Waals surface area contributed by atoms with Crippen molar-refractivity contribution in [2.45, 2.75) is 0 Å². The van der Waals surface area contributed by atoms with Crippen LogP contribution in [0, 0.1) is 17.0 Å². The summed E-state index contributed by atoms with van der Waals surface area (Å²) in [5.74, 6) is 1.33. The molecule has 0 spiro atoms. The highest BCUT2D eigenvalue weighted by molar-refractivity contribution is 14.2. The SMILES string of the molecule is COC(=O)c1cc(F)c(C#CSI)cc1N. The molecule has 0 aliphatic rings. The number of nitrogen functional groups attached to an aromatic ring is 1. The maximum atomic E-state index is 13.5. The molecule has 1 aromatic carbocycles. The molecule has 84 valence electrons. The monoisotopic (exact) mass is 351 g/mol. The highest BCUT2D eigenvalue weighted by Gasteiger charge is 2.13. The van der Waals surface area contributed by atoms with Gasteiger partial charge in [-0.1, -0.05) is 5.92 Å². The highest BCUT2D eigenvalue weighted by Crippen LogP contribution is 2.19. The third-order valence-electron chi connectivity index (χ3n) is 1.77. The lowest BCUT2D eigenvalue weighted by molar-refractivity contribution is 0.0601. The predicted octanol–water partition coefficient (Wildman–Crippen LogP) is 2.59. The Bertz CT molecular complexity index is 482. The first-order valence-corrected chi connectivity index (χ1v) is 7.42. The molecule has 0 aliphatic heterocycles. The van der Waals surface area contributed by atoms with E-state index in [1.807, 2.05) is 21.2 Å². The second-order valence-electron chi connectivity index (χ2n) is 2.72. The highest BCUT2D eigenvalue weighted by atomic mass is 127. The van der Waals surface area contributed by atoms with Crippen LogP contribution in [-0.2, 0) is 4.74 Å². The molecule has 0 saturated heterocycles. The lowest BCUT2D eigenvalue weighted by Crippen LogP contribution is -2.07. The molecule has 0 fully saturated rings. The van der Waals surface area contributed by atoms with Crippen molar-refractivity contribution in [2.24, 2.45) is 0 Å². The summed E-state index contributed by atoms with van der Waals surface area (Å²) >= 11 is 1.97. The Morgan fingerprint density at radius 1 is 1.62 bits per heavy atom. The molecule has 0 saturated carbocycles. The lowest BCUT2D eigenvalue weighted by atomic mass is 10.1. The Morgan fingerprint density at radius 3 is 2.88 bits per heavy atom. The molecular weight excluding hydrogens is 344 g/mol. The summed E-state index contributed by atoms with van der Waals surface area (Å²) in [5, 5.41) is 2.64. The average Bonchev–Trinajstić information content (AvgIpc) is 2.28. The first kappa shape index (κ1) is 13.1. The minimum atomic E-state index is -0.667. The lowest BCUT2D eigenvalue weighted by Gasteiger charge is -2.04. The standard InChI is InChI=1S/C10H7FINO2S/c1-15-10(14)7-5-8(11)6(2-3-16-12)4-9(7)13/h4-5H,13H2,1H3. The van der Waals surface area contributed by atoms with Gasteiger partial charge in [0.15, 0.2) is 0 Å². The zero-order valence-electron chi connectivity index (χ0n) is 8.21. The van der Waals surface area contributed by atoms with Gasteiger partial charge >= 0.3 is 5.97 Å². The molecule has 0 amide bonds. The summed E-state index contributed by atoms with van der Waals surface area (Å²) in [6.07, 6.45) is 0. The number of rotatable bonds is 1. The summed E-state index contributed by atoms with van der Waals surface area (Å²) in [6, 6.07) is 2.35. The van der Waals surface area contributed by atoms with E-state index in [1.165, 1.54) is 22.1 Å². The van der Waals surface area contributed by atoms with Crippen molar-refractivity contribution in [2.75, 3.05) is 12.8 Å². The maximum absolute atomic E-state index is 13.5. The molecule has 2 N–H and O–H groups in total. The van der Waals surface area contributed by atoms with Crippen LogP contribution in [0.25, 0.3) is 0 Å². The number of esters is 1. The van der Waals surface area contributed by atoms with Crippen molar-refractivity contribution in [1.82, 2.24) is 0 Å². The van der Waals surface area contributed by atoms with Crippen LogP contribution in [-0.4, -0.2) is 13.1 Å². The van der Waals surface area contributed by atoms with Crippen LogP contribution in [0.15, 0.2) is 12.1 Å². The van der Waals surface area contributed by atoms with Gasteiger partial charge in [0.1, 0.15) is 5.82 Å². The number of halogens is 2. The Balaban J connectivity index is 3.21. The third kappa shape index (κ3) is 3.02. The van der Waals surface area contributed by atoms with E-state index in [1.54, 1.807) is 0 Å². The number of anilines is 1. The second-order valence-corrected chi connectivity index (χ2v) is 4.39. The first-order chi connectivity index (χ1) is 7.60. The van der Waals surface area contributed by atoms with Crippen molar-refractivity contribution in [3.05, 3.63) is 29.1 Å². The molecular formula is C10H7FINO2S. The number of hydrogen-bond acceptors (Lipinski definition) is 4. The van der Waals surface area contributed by atoms with Crippen molar-refractivity contribution >= 4 is 41.8 Å². The van der Waals surface area contributed by atoms with Crippen LogP contribution >= 0.6 is 30.1 Å². The van der Waals surface area contributed by atoms with Crippen LogP contribution in [0.1, 0.15) is 15.9 Å². The van der Waals surface area contributed by atoms with Crippen LogP contribution in [0.4, 0.5) is 10.1 Å². The number of nitrogens with two attached hydrogens (primary N) is 1. The van der Waals surface area contributed by atoms with Gasteiger partial charge in [-0.2, -0.15) is 0 Å². The quantitative estimate of drug-likeness (QED) is 0.366. The molecule has 6 heteroatoms. The minimum Gasteiger partial charge on any atom is -0.465 e. The molecule has 3 nitrogen and oxygen atoms in total. The molecule has 16 heavy (non-hydrogen) atoms. The molecule has 0 aromatic heterocycles. The van der Waals surface area contributed by atoms with Gasteiger partial charge in [0, 0.05) is 26.9 Å². The Kier molecular flexibility index (Phi) is 4.89. The molecule has 0 radical (unpaired) electrons. The van der Waals surface area contributed by atoms with E-state index in [0.29, 0.717) is 0 Å². The van der Waals surface area contributed by atoms with E-state index in [0.717, 1.165) is 6.07 Å². The summed E-state index contributed by atoms with van der Waals surface area (Å²) in [7, 11) is 2.44. The number of ether oxygens (including phenoxy) is 1. The van der Waals surface area contributed by atoms with E-state index < -0.39 is 11.8 Å². The van der Waals surface area contributed by atoms with Crippen LogP contribution in [0.2, 0.25) is 0 Å². The Labute approximate surface area is 109 Å². The van der Waals surface area contributed by atoms with Crippen molar-refractivity contribution in [1.29, 1.82) is 0 Å². The van der Waals surface area contributed by atoms with E-state index in [2.05, 4.69) is 15.9 Å². The van der Waals surface area contributed by atoms with Gasteiger partial charge in [-0.15, -0.1) is 0 Å². The minimum absolute atomic E-state index is 0.00711. The smallest absolute Gasteiger partial charge is 0.340 e. The molecule has 1 rings (SSSR count). The second kappa shape index (κ2) is 5.96. The van der Waals surface area contributed by atoms with E-state index >= 15 is 0 Å². The number of methoxy groups -OCH3 is 1. The average molecular weight is 351 g/mol. The summed E-state index contributed by atoms with van der Waals surface area (Å²) in [6.45, 7) is 0. The van der Waals surface area contributed by atoms with Crippen molar-refractivity contribution < 1.29 is 13.9 Å². The Hall–Kier alpha value is -0.940. The van der Waals surface area contributed by atoms with Crippen LogP contribution < -0.4 is 5.73 Å². The summed E-state index contributed by atoms with van der Waals surface area (Å²) in [5.41, 5.74) is 5.91. The van der Waals surface area contributed by atoms with Gasteiger partial charge in [0.25, 0.3) is 0 Å². The van der Waals surface area contributed by atoms with E-state index in [-0.39, 0.29) is 16.8 Å². The number of carbonyl (C=O) groups excluding carboxylic acids is 1. The summed E-state index contributed by atoms with van der Waals surface area (Å²) < 4.78 is 17.9. The molecule has 0 heterocycles. The number of benzene rings is 1. The van der Waals surface area contributed by atoms with Gasteiger partial charge in [0.2, 0.25) is 0 Å². The van der Waals surface area contributed by atoms with Crippen LogP contribution in [0.3, 0.4) is 0 Å². The zero-order valence-corrected chi connectivity index (χ0v) is 11.2. The maximum Gasteiger partial charge on any atom is 0.340 e. The largest absolute Gasteiger partial charge is 0.465 e. The van der Waals surface area contributed by atoms with Gasteiger partial charge < -0.3 is 10.5 Å². The number of hydrogen-bond donors (Lipinski definition) is 1. The van der Waals surface area contributed by atoms with Crippen molar-refractivity contribution in [3.8, 4) is 11.2 Å². The number of carbonyl (C=O) groups is 1. The normalized spacial score (nSPS) is 9.19. The third-order valence-corrected chi connectivity index (χ3v) is 2.61. The fourth-order valence-electron chi connectivity index (χ4n) is 1.05. The van der Waals surface area contributed by atoms with Gasteiger partial charge in [0.05, 0.1) is 18.2 Å². The van der Waals surface area contributed by atoms with E-state index in [9.17, 15) is 9.18 Å². The zero-order chi connectivity index (χ0) is 12.1.